The van der Waals surface area contributed by atoms with Crippen molar-refractivity contribution in [2.24, 2.45) is 12.0 Å². The molecular formula is C22H24ClN3O2S2. The van der Waals surface area contributed by atoms with Crippen LogP contribution in [0.15, 0.2) is 63.8 Å². The molecule has 30 heavy (non-hydrogen) atoms. The van der Waals surface area contributed by atoms with Gasteiger partial charge in [-0.1, -0.05) is 55.1 Å². The lowest BCUT2D eigenvalue weighted by molar-refractivity contribution is 0.412. The molecule has 0 spiro atoms. The molecule has 3 aromatic rings. The number of nitrogens with one attached hydrogen (secondary N) is 1. The van der Waals surface area contributed by atoms with Crippen molar-refractivity contribution >= 4 is 38.6 Å². The summed E-state index contributed by atoms with van der Waals surface area (Å²) in [6.07, 6.45) is 5.03. The zero-order chi connectivity index (χ0) is 21.1. The number of halogens is 1. The number of hydrogen-bond acceptors (Lipinski definition) is 4. The third-order valence-corrected chi connectivity index (χ3v) is 8.27. The van der Waals surface area contributed by atoms with Crippen molar-refractivity contribution in [2.45, 2.75) is 43.0 Å². The fourth-order valence-electron chi connectivity index (χ4n) is 3.72. The van der Waals surface area contributed by atoms with E-state index in [2.05, 4.69) is 9.71 Å². The van der Waals surface area contributed by atoms with Gasteiger partial charge in [-0.2, -0.15) is 0 Å². The van der Waals surface area contributed by atoms with E-state index in [1.807, 2.05) is 53.4 Å². The van der Waals surface area contributed by atoms with Gasteiger partial charge in [-0.05, 0) is 37.1 Å². The van der Waals surface area contributed by atoms with Gasteiger partial charge < -0.3 is 4.57 Å². The lowest BCUT2D eigenvalue weighted by atomic mass is 9.96. The van der Waals surface area contributed by atoms with Crippen LogP contribution in [-0.4, -0.2) is 19.0 Å². The molecule has 0 saturated heterocycles. The third-order valence-electron chi connectivity index (χ3n) is 5.35. The summed E-state index contributed by atoms with van der Waals surface area (Å²) in [5, 5.41) is 2.21. The maximum Gasteiger partial charge on any atom is 0.242 e. The Morgan fingerprint density at radius 1 is 1.10 bits per heavy atom. The molecule has 4 rings (SSSR count). The van der Waals surface area contributed by atoms with Crippen molar-refractivity contribution in [1.82, 2.24) is 9.29 Å². The van der Waals surface area contributed by atoms with Crippen LogP contribution in [0.1, 0.15) is 32.1 Å². The molecule has 1 aliphatic carbocycles. The van der Waals surface area contributed by atoms with Crippen LogP contribution in [-0.2, 0) is 17.1 Å². The van der Waals surface area contributed by atoms with Gasteiger partial charge >= 0.3 is 0 Å². The second kappa shape index (κ2) is 9.06. The van der Waals surface area contributed by atoms with Crippen LogP contribution in [0.3, 0.4) is 0 Å². The average molecular weight is 462 g/mol. The van der Waals surface area contributed by atoms with Gasteiger partial charge in [0.1, 0.15) is 4.90 Å². The number of nitrogens with zero attached hydrogens (tertiary/aromatic N) is 2. The fourth-order valence-corrected chi connectivity index (χ4v) is 6.47. The quantitative estimate of drug-likeness (QED) is 0.564. The van der Waals surface area contributed by atoms with Crippen LogP contribution in [0, 0.1) is 0 Å². The molecular weight excluding hydrogens is 438 g/mol. The van der Waals surface area contributed by atoms with Gasteiger partial charge in [-0.3, -0.25) is 0 Å². The van der Waals surface area contributed by atoms with Crippen molar-refractivity contribution in [1.29, 1.82) is 0 Å². The van der Waals surface area contributed by atoms with E-state index in [-0.39, 0.29) is 16.0 Å². The zero-order valence-corrected chi connectivity index (χ0v) is 19.1. The van der Waals surface area contributed by atoms with E-state index in [1.165, 1.54) is 17.8 Å². The van der Waals surface area contributed by atoms with Crippen LogP contribution in [0.2, 0.25) is 5.02 Å². The van der Waals surface area contributed by atoms with Crippen molar-refractivity contribution in [3.05, 3.63) is 63.7 Å². The van der Waals surface area contributed by atoms with Gasteiger partial charge in [-0.15, -0.1) is 11.3 Å². The highest BCUT2D eigenvalue weighted by Crippen LogP contribution is 2.29. The van der Waals surface area contributed by atoms with Crippen molar-refractivity contribution in [3.8, 4) is 11.3 Å². The van der Waals surface area contributed by atoms with Crippen molar-refractivity contribution in [2.75, 3.05) is 0 Å². The minimum absolute atomic E-state index is 0.0167. The predicted octanol–water partition coefficient (Wildman–Crippen LogP) is 5.25. The van der Waals surface area contributed by atoms with E-state index in [0.717, 1.165) is 47.4 Å². The second-order valence-electron chi connectivity index (χ2n) is 7.51. The Kier molecular flexibility index (Phi) is 6.43. The summed E-state index contributed by atoms with van der Waals surface area (Å²) in [4.78, 5) is 5.63. The standard InChI is InChI=1S/C22H24ClN3O2S2/c1-26-20(15-29-22(26)24-17-8-4-2-5-9-17)16-12-13-19(23)21(14-16)30(27,28)25-18-10-6-3-7-11-18/h2,4-5,8-9,12-15,18,25H,3,6-7,10-11H2,1H3. The first kappa shape index (κ1) is 21.3. The molecule has 0 aliphatic heterocycles. The summed E-state index contributed by atoms with van der Waals surface area (Å²) < 4.78 is 30.8. The number of thiazole rings is 1. The molecule has 2 aromatic carbocycles. The molecule has 1 heterocycles. The summed E-state index contributed by atoms with van der Waals surface area (Å²) >= 11 is 7.81. The average Bonchev–Trinajstić information content (AvgIpc) is 3.10. The molecule has 5 nitrogen and oxygen atoms in total. The van der Waals surface area contributed by atoms with Gasteiger partial charge in [0.25, 0.3) is 0 Å². The highest BCUT2D eigenvalue weighted by molar-refractivity contribution is 7.89. The van der Waals surface area contributed by atoms with Gasteiger partial charge in [0.05, 0.1) is 16.4 Å². The molecule has 0 bridgehead atoms. The summed E-state index contributed by atoms with van der Waals surface area (Å²) in [7, 11) is -1.76. The van der Waals surface area contributed by atoms with Gasteiger partial charge in [0.15, 0.2) is 4.80 Å². The maximum absolute atomic E-state index is 13.0. The topological polar surface area (TPSA) is 63.5 Å². The molecule has 0 unspecified atom stereocenters. The molecule has 0 amide bonds. The molecule has 1 aliphatic rings. The van der Waals surface area contributed by atoms with Crippen LogP contribution in [0.25, 0.3) is 11.3 Å². The van der Waals surface area contributed by atoms with Gasteiger partial charge in [0.2, 0.25) is 10.0 Å². The van der Waals surface area contributed by atoms with Crippen molar-refractivity contribution < 1.29 is 8.42 Å². The third kappa shape index (κ3) is 4.70. The van der Waals surface area contributed by atoms with Crippen LogP contribution in [0.5, 0.6) is 0 Å². The predicted molar refractivity (Wildman–Crippen MR) is 123 cm³/mol. The summed E-state index contributed by atoms with van der Waals surface area (Å²) in [6.45, 7) is 0. The number of aromatic nitrogens is 1. The number of rotatable bonds is 5. The fraction of sp³-hybridized carbons (Fsp3) is 0.318. The molecule has 1 N–H and O–H groups in total. The SMILES string of the molecule is Cn1c(-c2ccc(Cl)c(S(=O)(=O)NC3CCCCC3)c2)csc1=Nc1ccccc1. The summed E-state index contributed by atoms with van der Waals surface area (Å²) in [6, 6.07) is 14.9. The highest BCUT2D eigenvalue weighted by atomic mass is 35.5. The summed E-state index contributed by atoms with van der Waals surface area (Å²) in [5.74, 6) is 0. The zero-order valence-electron chi connectivity index (χ0n) is 16.7. The Morgan fingerprint density at radius 2 is 1.83 bits per heavy atom. The van der Waals surface area contributed by atoms with Gasteiger partial charge in [-0.25, -0.2) is 18.1 Å². The Labute approximate surface area is 186 Å². The lowest BCUT2D eigenvalue weighted by Gasteiger charge is -2.23. The van der Waals surface area contributed by atoms with Crippen LogP contribution < -0.4 is 9.52 Å². The van der Waals surface area contributed by atoms with E-state index < -0.39 is 10.0 Å². The molecule has 1 saturated carbocycles. The molecule has 1 fully saturated rings. The molecule has 0 radical (unpaired) electrons. The first-order valence-electron chi connectivity index (χ1n) is 10.0. The number of sulfonamides is 1. The molecule has 8 heteroatoms. The Bertz CT molecular complexity index is 1190. The maximum atomic E-state index is 13.0. The van der Waals surface area contributed by atoms with Crippen LogP contribution in [0.4, 0.5) is 5.69 Å². The first-order chi connectivity index (χ1) is 14.4. The molecule has 158 valence electrons. The van der Waals surface area contributed by atoms with Crippen LogP contribution >= 0.6 is 22.9 Å². The summed E-state index contributed by atoms with van der Waals surface area (Å²) in [5.41, 5.74) is 2.55. The van der Waals surface area contributed by atoms with E-state index in [9.17, 15) is 8.42 Å². The smallest absolute Gasteiger partial charge is 0.242 e. The van der Waals surface area contributed by atoms with E-state index in [0.29, 0.717) is 0 Å². The largest absolute Gasteiger partial charge is 0.320 e. The first-order valence-corrected chi connectivity index (χ1v) is 12.7. The molecule has 0 atom stereocenters. The molecule has 1 aromatic heterocycles. The van der Waals surface area contributed by atoms with E-state index in [1.54, 1.807) is 12.1 Å². The normalized spacial score (nSPS) is 16.1. The number of para-hydroxylation sites is 1. The van der Waals surface area contributed by atoms with E-state index >= 15 is 0 Å². The second-order valence-corrected chi connectivity index (χ2v) is 10.4. The van der Waals surface area contributed by atoms with Gasteiger partial charge in [0, 0.05) is 24.0 Å². The number of benzene rings is 2. The van der Waals surface area contributed by atoms with Crippen molar-refractivity contribution in [3.63, 3.8) is 0 Å². The minimum atomic E-state index is -3.69. The highest BCUT2D eigenvalue weighted by Gasteiger charge is 2.24. The Balaban J connectivity index is 1.68. The van der Waals surface area contributed by atoms with E-state index in [4.69, 9.17) is 11.6 Å². The Hall–Kier alpha value is -1.93. The monoisotopic (exact) mass is 461 g/mol. The lowest BCUT2D eigenvalue weighted by Crippen LogP contribution is -2.36. The minimum Gasteiger partial charge on any atom is -0.320 e. The Morgan fingerprint density at radius 3 is 2.57 bits per heavy atom. The number of hydrogen-bond donors (Lipinski definition) is 1.